The molecule has 2 heterocycles. The molecule has 0 bridgehead atoms. The maximum atomic E-state index is 12.7. The minimum absolute atomic E-state index is 0.199. The molecule has 0 saturated carbocycles. The number of nitrogens with zero attached hydrogens (tertiary/aromatic N) is 3. The van der Waals surface area contributed by atoms with E-state index in [1.54, 1.807) is 47.5 Å². The third-order valence-corrected chi connectivity index (χ3v) is 5.12. The molecule has 2 aromatic carbocycles. The fraction of sp³-hybridized carbons (Fsp3) is 0.182. The summed E-state index contributed by atoms with van der Waals surface area (Å²) in [7, 11) is 0. The van der Waals surface area contributed by atoms with E-state index in [1.807, 2.05) is 25.1 Å². The number of aromatic nitrogens is 2. The van der Waals surface area contributed by atoms with Crippen molar-refractivity contribution in [1.29, 1.82) is 0 Å². The van der Waals surface area contributed by atoms with Crippen molar-refractivity contribution in [3.05, 3.63) is 71.5 Å². The van der Waals surface area contributed by atoms with E-state index in [0.717, 1.165) is 16.9 Å². The lowest BCUT2D eigenvalue weighted by atomic mass is 10.1. The Balaban J connectivity index is 1.43. The van der Waals surface area contributed by atoms with Gasteiger partial charge in [-0.2, -0.15) is 0 Å². The number of carbonyl (C=O) groups excluding carboxylic acids is 2. The first kappa shape index (κ1) is 19.1. The molecule has 7 heteroatoms. The van der Waals surface area contributed by atoms with E-state index in [1.165, 1.54) is 0 Å². The van der Waals surface area contributed by atoms with Crippen LogP contribution in [0.4, 0.5) is 11.4 Å². The number of hydrogen-bond acceptors (Lipinski definition) is 4. The number of halogens is 1. The molecule has 1 aliphatic rings. The van der Waals surface area contributed by atoms with Gasteiger partial charge in [0.05, 0.1) is 0 Å². The predicted octanol–water partition coefficient (Wildman–Crippen LogP) is 4.10. The van der Waals surface area contributed by atoms with Gasteiger partial charge in [-0.15, -0.1) is 0 Å². The summed E-state index contributed by atoms with van der Waals surface area (Å²) in [4.78, 5) is 35.6. The van der Waals surface area contributed by atoms with Crippen molar-refractivity contribution in [2.45, 2.75) is 13.3 Å². The molecule has 0 spiro atoms. The molecular formula is C22H19ClN4O2. The van der Waals surface area contributed by atoms with Crippen molar-refractivity contribution >= 4 is 34.8 Å². The molecule has 1 aliphatic heterocycles. The van der Waals surface area contributed by atoms with Gasteiger partial charge in [0.25, 0.3) is 0 Å². The number of nitrogens with one attached hydrogen (secondary N) is 1. The average Bonchev–Trinajstić information content (AvgIpc) is 3.11. The molecule has 1 aromatic heterocycles. The van der Waals surface area contributed by atoms with Crippen molar-refractivity contribution in [3.63, 3.8) is 0 Å². The average molecular weight is 407 g/mol. The molecule has 3 aromatic rings. The van der Waals surface area contributed by atoms with Crippen molar-refractivity contribution in [1.82, 2.24) is 9.97 Å². The van der Waals surface area contributed by atoms with Gasteiger partial charge in [-0.1, -0.05) is 11.6 Å². The first-order valence-corrected chi connectivity index (χ1v) is 9.67. The van der Waals surface area contributed by atoms with E-state index in [0.29, 0.717) is 29.5 Å². The molecule has 2 amide bonds. The lowest BCUT2D eigenvalue weighted by Crippen LogP contribution is -2.33. The topological polar surface area (TPSA) is 75.2 Å². The fourth-order valence-corrected chi connectivity index (χ4v) is 3.45. The van der Waals surface area contributed by atoms with Gasteiger partial charge in [0.2, 0.25) is 11.8 Å². The van der Waals surface area contributed by atoms with Gasteiger partial charge in [-0.05, 0) is 67.9 Å². The highest BCUT2D eigenvalue weighted by Gasteiger charge is 2.37. The van der Waals surface area contributed by atoms with Crippen LogP contribution in [0.5, 0.6) is 0 Å². The van der Waals surface area contributed by atoms with E-state index in [4.69, 9.17) is 11.6 Å². The van der Waals surface area contributed by atoms with Crippen molar-refractivity contribution in [2.24, 2.45) is 5.92 Å². The van der Waals surface area contributed by atoms with E-state index in [9.17, 15) is 9.59 Å². The molecule has 1 fully saturated rings. The fourth-order valence-electron chi connectivity index (χ4n) is 3.32. The Kier molecular flexibility index (Phi) is 5.27. The Bertz CT molecular complexity index is 1050. The highest BCUT2D eigenvalue weighted by Crippen LogP contribution is 2.27. The van der Waals surface area contributed by atoms with Crippen LogP contribution in [0.15, 0.2) is 60.8 Å². The highest BCUT2D eigenvalue weighted by atomic mass is 35.5. The summed E-state index contributed by atoms with van der Waals surface area (Å²) in [6.07, 6.45) is 2.19. The predicted molar refractivity (Wildman–Crippen MR) is 113 cm³/mol. The van der Waals surface area contributed by atoms with Crippen molar-refractivity contribution in [3.8, 4) is 11.4 Å². The zero-order valence-electron chi connectivity index (χ0n) is 15.8. The largest absolute Gasteiger partial charge is 0.325 e. The third kappa shape index (κ3) is 4.12. The number of rotatable bonds is 4. The summed E-state index contributed by atoms with van der Waals surface area (Å²) in [5.41, 5.74) is 3.12. The molecule has 29 heavy (non-hydrogen) atoms. The van der Waals surface area contributed by atoms with Gasteiger partial charge in [0, 0.05) is 40.4 Å². The number of benzene rings is 2. The summed E-state index contributed by atoms with van der Waals surface area (Å²) < 4.78 is 0. The van der Waals surface area contributed by atoms with E-state index >= 15 is 0 Å². The second kappa shape index (κ2) is 8.01. The van der Waals surface area contributed by atoms with Crippen LogP contribution in [0.2, 0.25) is 5.02 Å². The number of anilines is 2. The van der Waals surface area contributed by atoms with Crippen molar-refractivity contribution in [2.75, 3.05) is 16.8 Å². The van der Waals surface area contributed by atoms with Gasteiger partial charge in [0.15, 0.2) is 5.82 Å². The van der Waals surface area contributed by atoms with E-state index in [-0.39, 0.29) is 11.8 Å². The minimum Gasteiger partial charge on any atom is -0.325 e. The van der Waals surface area contributed by atoms with Crippen molar-refractivity contribution < 1.29 is 9.59 Å². The van der Waals surface area contributed by atoms with Crippen LogP contribution < -0.4 is 10.2 Å². The van der Waals surface area contributed by atoms with Gasteiger partial charge >= 0.3 is 0 Å². The van der Waals surface area contributed by atoms with Gasteiger partial charge < -0.3 is 10.2 Å². The lowest BCUT2D eigenvalue weighted by Gasteiger charge is -2.17. The first-order valence-electron chi connectivity index (χ1n) is 9.29. The van der Waals surface area contributed by atoms with Crippen LogP contribution in [-0.4, -0.2) is 28.3 Å². The number of hydrogen-bond donors (Lipinski definition) is 1. The molecule has 4 rings (SSSR count). The molecule has 0 unspecified atom stereocenters. The third-order valence-electron chi connectivity index (χ3n) is 4.87. The highest BCUT2D eigenvalue weighted by molar-refractivity contribution is 6.30. The van der Waals surface area contributed by atoms with Crippen LogP contribution in [-0.2, 0) is 9.59 Å². The summed E-state index contributed by atoms with van der Waals surface area (Å²) >= 11 is 5.91. The Hall–Kier alpha value is -3.25. The minimum atomic E-state index is -0.703. The quantitative estimate of drug-likeness (QED) is 0.662. The van der Waals surface area contributed by atoms with Crippen LogP contribution >= 0.6 is 11.6 Å². The monoisotopic (exact) mass is 406 g/mol. The normalized spacial score (nSPS) is 16.1. The molecule has 6 nitrogen and oxygen atoms in total. The molecule has 1 saturated heterocycles. The van der Waals surface area contributed by atoms with Gasteiger partial charge in [-0.3, -0.25) is 9.59 Å². The second-order valence-electron chi connectivity index (χ2n) is 6.90. The maximum absolute atomic E-state index is 12.7. The molecule has 0 radical (unpaired) electrons. The van der Waals surface area contributed by atoms with Gasteiger partial charge in [-0.25, -0.2) is 9.97 Å². The van der Waals surface area contributed by atoms with Crippen LogP contribution in [0.25, 0.3) is 11.4 Å². The Morgan fingerprint density at radius 3 is 2.52 bits per heavy atom. The van der Waals surface area contributed by atoms with Crippen LogP contribution in [0.3, 0.4) is 0 Å². The zero-order chi connectivity index (χ0) is 20.4. The molecule has 0 aliphatic carbocycles. The maximum Gasteiger partial charge on any atom is 0.239 e. The summed E-state index contributed by atoms with van der Waals surface area (Å²) in [6.45, 7) is 2.41. The molecule has 146 valence electrons. The standard InChI is InChI=1S/C22H19ClN4O2/c1-14-10-12-24-20(25-14)15-2-6-17(7-3-15)26-21(28)19-11-13-27(22(19)29)18-8-4-16(23)5-9-18/h2-10,12,19H,11,13H2,1H3,(H,26,28)/t19-/m0/s1. The molecule has 1 N–H and O–H groups in total. The Labute approximate surface area is 173 Å². The number of aryl methyl sites for hydroxylation is 1. The van der Waals surface area contributed by atoms with Crippen LogP contribution in [0, 0.1) is 12.8 Å². The summed E-state index contributed by atoms with van der Waals surface area (Å²) in [6, 6.07) is 16.1. The summed E-state index contributed by atoms with van der Waals surface area (Å²) in [5.74, 6) is -0.571. The Morgan fingerprint density at radius 1 is 1.10 bits per heavy atom. The smallest absolute Gasteiger partial charge is 0.239 e. The molecule has 1 atom stereocenters. The summed E-state index contributed by atoms with van der Waals surface area (Å²) in [5, 5.41) is 3.44. The second-order valence-corrected chi connectivity index (χ2v) is 7.33. The molecular weight excluding hydrogens is 388 g/mol. The first-order chi connectivity index (χ1) is 14.0. The van der Waals surface area contributed by atoms with Crippen LogP contribution in [0.1, 0.15) is 12.1 Å². The Morgan fingerprint density at radius 2 is 1.83 bits per heavy atom. The lowest BCUT2D eigenvalue weighted by molar-refractivity contribution is -0.129. The van der Waals surface area contributed by atoms with E-state index in [2.05, 4.69) is 15.3 Å². The number of amides is 2. The van der Waals surface area contributed by atoms with E-state index < -0.39 is 5.92 Å². The zero-order valence-corrected chi connectivity index (χ0v) is 16.6. The SMILES string of the molecule is Cc1ccnc(-c2ccc(NC(=O)[C@@H]3CCN(c4ccc(Cl)cc4)C3=O)cc2)n1. The number of carbonyl (C=O) groups is 2. The van der Waals surface area contributed by atoms with Gasteiger partial charge in [0.1, 0.15) is 5.92 Å².